The second kappa shape index (κ2) is 55.9. The number of alkyl halides is 3. The fourth-order valence-electron chi connectivity index (χ4n) is 17.1. The van der Waals surface area contributed by atoms with Crippen LogP contribution in [0.5, 0.6) is 0 Å². The van der Waals surface area contributed by atoms with Gasteiger partial charge < -0.3 is 0 Å². The van der Waals surface area contributed by atoms with E-state index >= 15 is 0 Å². The molecule has 21 aromatic rings. The normalized spacial score (nSPS) is 12.4. The number of aryl methyl sites for hydroxylation is 4. The van der Waals surface area contributed by atoms with E-state index in [2.05, 4.69) is 463 Å². The van der Waals surface area contributed by atoms with Gasteiger partial charge in [-0.2, -0.15) is 23.7 Å². The lowest BCUT2D eigenvalue weighted by Crippen LogP contribution is -2.17. The van der Waals surface area contributed by atoms with Crippen molar-refractivity contribution in [1.29, 1.82) is 10.5 Å². The molecule has 23 rings (SSSR count). The lowest BCUT2D eigenvalue weighted by molar-refractivity contribution is -0.137. The minimum Gasteiger partial charge on any atom is -0.192 e. The lowest BCUT2D eigenvalue weighted by atomic mass is 10.2. The molecule has 728 valence electrons. The molecule has 1 saturated heterocycles. The van der Waals surface area contributed by atoms with Gasteiger partial charge in [-0.25, -0.2) is 0 Å². The highest BCUT2D eigenvalue weighted by atomic mass is 32.2. The average Bonchev–Trinajstić information content (AvgIpc) is 1.25. The fourth-order valence-corrected chi connectivity index (χ4v) is 34.5. The molecule has 0 spiro atoms. The molecular formula is C135H117F3N2S8+8. The molecule has 2 atom stereocenters. The zero-order chi connectivity index (χ0) is 102. The Morgan fingerprint density at radius 3 is 0.926 bits per heavy atom. The summed E-state index contributed by atoms with van der Waals surface area (Å²) in [4.78, 5) is 24.8. The fraction of sp³-hybridized carbons (Fsp3) is 0.0815. The lowest BCUT2D eigenvalue weighted by Gasteiger charge is -2.12. The van der Waals surface area contributed by atoms with Crippen molar-refractivity contribution < 1.29 is 13.2 Å². The summed E-state index contributed by atoms with van der Waals surface area (Å²) in [7, 11) is 0.291. The molecule has 1 fully saturated rings. The number of hydrogen-bond acceptors (Lipinski definition) is 2. The zero-order valence-electron chi connectivity index (χ0n) is 83.0. The largest absolute Gasteiger partial charge is 0.416 e. The van der Waals surface area contributed by atoms with E-state index in [-0.39, 0.29) is 54.0 Å². The third-order valence-electron chi connectivity index (χ3n) is 24.0. The molecule has 0 amide bonds. The van der Waals surface area contributed by atoms with E-state index < -0.39 is 22.6 Å². The maximum Gasteiger partial charge on any atom is 0.416 e. The van der Waals surface area contributed by atoms with Crippen molar-refractivity contribution >= 4 is 96.8 Å². The number of halogens is 3. The van der Waals surface area contributed by atoms with Crippen LogP contribution in [0.15, 0.2) is 658 Å². The van der Waals surface area contributed by atoms with E-state index in [1.807, 2.05) is 115 Å². The van der Waals surface area contributed by atoms with Gasteiger partial charge in [-0.15, -0.1) is 0 Å². The first-order valence-electron chi connectivity index (χ1n) is 49.4. The van der Waals surface area contributed by atoms with Crippen LogP contribution in [0, 0.1) is 43.4 Å². The Morgan fingerprint density at radius 1 is 0.236 bits per heavy atom. The Labute approximate surface area is 895 Å². The molecule has 0 radical (unpaired) electrons. The molecule has 2 aliphatic rings. The predicted molar refractivity (Wildman–Crippen MR) is 625 cm³/mol. The van der Waals surface area contributed by atoms with Crippen molar-refractivity contribution in [3.63, 3.8) is 0 Å². The topological polar surface area (TPSA) is 47.6 Å². The van der Waals surface area contributed by atoms with Crippen LogP contribution in [-0.2, 0) is 88.9 Å². The van der Waals surface area contributed by atoms with E-state index in [9.17, 15) is 13.2 Å². The highest BCUT2D eigenvalue weighted by molar-refractivity contribution is 7.99. The Hall–Kier alpha value is -14.4. The number of hydrogen-bond donors (Lipinski definition) is 0. The van der Waals surface area contributed by atoms with Crippen LogP contribution in [0.4, 0.5) is 13.2 Å². The molecule has 0 saturated carbocycles. The Bertz CT molecular complexity index is 7420. The minimum atomic E-state index is -4.31. The van der Waals surface area contributed by atoms with Crippen LogP contribution in [0.25, 0.3) is 15.0 Å². The highest BCUT2D eigenvalue weighted by Gasteiger charge is 2.38. The summed E-state index contributed by atoms with van der Waals surface area (Å²) in [6.07, 6.45) is 1.27. The zero-order valence-corrected chi connectivity index (χ0v) is 89.5. The third kappa shape index (κ3) is 30.4. The molecule has 2 aliphatic heterocycles. The number of rotatable bonds is 18. The van der Waals surface area contributed by atoms with Crippen LogP contribution in [0.2, 0.25) is 0 Å². The van der Waals surface area contributed by atoms with Crippen molar-refractivity contribution in [3.8, 4) is 17.0 Å². The summed E-state index contributed by atoms with van der Waals surface area (Å²) in [5.41, 5.74) is 6.30. The molecule has 2 unspecified atom stereocenters. The number of nitriles is 2. The Balaban J connectivity index is 0.000000121. The summed E-state index contributed by atoms with van der Waals surface area (Å²) >= 11 is 0. The molecule has 20 aromatic carbocycles. The first-order chi connectivity index (χ1) is 72.8. The van der Waals surface area contributed by atoms with Gasteiger partial charge in [-0.05, 0) is 318 Å². The smallest absolute Gasteiger partial charge is 0.192 e. The molecule has 0 bridgehead atoms. The van der Waals surface area contributed by atoms with Gasteiger partial charge in [0.2, 0.25) is 0 Å². The van der Waals surface area contributed by atoms with E-state index in [1.165, 1.54) is 138 Å². The summed E-state index contributed by atoms with van der Waals surface area (Å²) in [6.45, 7) is 6.50. The molecule has 3 heterocycles. The van der Waals surface area contributed by atoms with Gasteiger partial charge in [0.15, 0.2) is 97.7 Å². The molecule has 0 aliphatic carbocycles. The molecule has 13 heteroatoms. The van der Waals surface area contributed by atoms with Crippen LogP contribution < -0.4 is 0 Å². The van der Waals surface area contributed by atoms with Crippen LogP contribution in [0.1, 0.15) is 58.2 Å². The standard InChI is InChI=1S/C20H19S.C19H14F3S.2C19H14NS.C19H17S.C14H13S.C14H11S.C11H15S/c1-16-13-17(2)15-20(14-16)21(18-9-5-3-6-10-18)19-11-7-4-8-12-19;20-19(21,22)15-11-13-18(14-12-15)23(16-7-3-1-4-8-16)17-9-5-2-6-10-17;20-15-16-8-7-13-19(14-16)21(17-9-3-1-4-10-17)18-11-5-2-6-12-18;20-15-16-11-13-19(14-12-16)21(17-7-3-1-4-8-17)18-9-5-2-6-10-18;1-16-9-8-14-19(15-16)20(17-10-4-2-5-11-17)18-12-6-3-7-13-18;2*1-2-7-13(8-3-1)15-11-10-12-6-4-5-9-14(12)15;1-3-7-11(8-4-1)12-9-5-2-6-10-12/h3-15H,1-2H3;1-14H;2*1-14H;2-15H,1H3;1-9H,10-11H2;1-11H;1,3-4,7-8H,2,5-6,9-10H2/q8*+1. The van der Waals surface area contributed by atoms with Gasteiger partial charge in [0.25, 0.3) is 0 Å². The van der Waals surface area contributed by atoms with Crippen LogP contribution >= 0.6 is 10.5 Å². The van der Waals surface area contributed by atoms with Crippen molar-refractivity contribution in [1.82, 2.24) is 0 Å². The molecular weight excluding hydrogens is 1960 g/mol. The first-order valence-corrected chi connectivity index (χ1v) is 59.8. The van der Waals surface area contributed by atoms with Crippen molar-refractivity contribution in [3.05, 3.63) is 608 Å². The third-order valence-corrected chi connectivity index (χ3v) is 42.0. The molecule has 0 N–H and O–H groups in total. The highest BCUT2D eigenvalue weighted by Crippen LogP contribution is 2.42. The van der Waals surface area contributed by atoms with Gasteiger partial charge in [0, 0.05) is 50.9 Å². The summed E-state index contributed by atoms with van der Waals surface area (Å²) in [5.74, 6) is 4.16. The maximum atomic E-state index is 12.8. The Morgan fingerprint density at radius 2 is 0.541 bits per heavy atom. The quantitative estimate of drug-likeness (QED) is 0.0804. The van der Waals surface area contributed by atoms with Crippen LogP contribution in [-0.4, -0.2) is 17.3 Å². The monoisotopic (exact) mass is 2080 g/mol. The molecule has 148 heavy (non-hydrogen) atoms. The van der Waals surface area contributed by atoms with Gasteiger partial charge in [-0.3, -0.25) is 0 Å². The predicted octanol–water partition coefficient (Wildman–Crippen LogP) is 36.3. The molecule has 2 nitrogen and oxygen atoms in total. The number of nitrogens with zero attached hydrogens (tertiary/aromatic N) is 2. The van der Waals surface area contributed by atoms with Crippen molar-refractivity contribution in [2.24, 2.45) is 0 Å². The number of thiophene rings is 1. The first kappa shape index (κ1) is 106. The van der Waals surface area contributed by atoms with Crippen molar-refractivity contribution in [2.45, 2.75) is 141 Å². The summed E-state index contributed by atoms with van der Waals surface area (Å²) in [6, 6.07) is 198. The molecule has 1 aromatic heterocycles. The van der Waals surface area contributed by atoms with Gasteiger partial charge >= 0.3 is 6.18 Å². The van der Waals surface area contributed by atoms with Gasteiger partial charge in [0.05, 0.1) is 94.2 Å². The minimum absolute atomic E-state index is 0.0249. The number of benzene rings is 20. The second-order valence-corrected chi connectivity index (χ2v) is 51.0. The SMILES string of the molecule is Cc1cc(C)cc([S+](c2ccccc2)c2ccccc2)c1.Cc1cccc([S+](c2ccccc2)c2ccccc2)c1.FC(F)(F)c1ccc([S+](c2ccccc2)c2ccccc2)cc1.N#Cc1ccc([S+](c2ccccc2)c2ccccc2)cc1.N#Cc1cccc([S+](c2ccccc2)c2ccccc2)c1.c1ccc(-[s+]2ccc3ccccc32)cc1.c1ccc([S+]2CCCCC2)cc1.c1ccc([S+]2CCc3ccccc32)cc1. The summed E-state index contributed by atoms with van der Waals surface area (Å²) < 4.78 is 39.8. The van der Waals surface area contributed by atoms with E-state index in [1.54, 1.807) is 27.5 Å². The average molecular weight is 2080 g/mol. The van der Waals surface area contributed by atoms with Crippen molar-refractivity contribution in [2.75, 3.05) is 17.3 Å². The second-order valence-electron chi connectivity index (χ2n) is 34.6. The number of fused-ring (bicyclic) bond motifs is 2. The van der Waals surface area contributed by atoms with Gasteiger partial charge in [-0.1, -0.05) is 291 Å². The maximum absolute atomic E-state index is 12.8. The van der Waals surface area contributed by atoms with E-state index in [0.29, 0.717) is 32.9 Å². The Kier molecular flexibility index (Phi) is 40.2. The van der Waals surface area contributed by atoms with Crippen LogP contribution in [0.3, 0.4) is 0 Å². The summed E-state index contributed by atoms with van der Waals surface area (Å²) in [5, 5.41) is 21.8. The van der Waals surface area contributed by atoms with Gasteiger partial charge in [0.1, 0.15) is 22.6 Å². The van der Waals surface area contributed by atoms with E-state index in [4.69, 9.17) is 10.5 Å². The van der Waals surface area contributed by atoms with E-state index in [0.717, 1.165) is 26.8 Å².